The van der Waals surface area contributed by atoms with Crippen molar-refractivity contribution in [3.8, 4) is 0 Å². The lowest BCUT2D eigenvalue weighted by Crippen LogP contribution is -2.43. The van der Waals surface area contributed by atoms with Crippen LogP contribution < -0.4 is 10.6 Å². The number of hydrogen-bond acceptors (Lipinski definition) is 3. The molecular weight excluding hydrogens is 254 g/mol. The van der Waals surface area contributed by atoms with Crippen LogP contribution in [-0.4, -0.2) is 26.6 Å². The zero-order chi connectivity index (χ0) is 14.4. The third kappa shape index (κ3) is 4.08. The average molecular weight is 273 g/mol. The molecule has 0 aliphatic rings. The number of nitrogens with zero attached hydrogens (tertiary/aromatic N) is 3. The molecule has 6 nitrogen and oxygen atoms in total. The molecule has 0 saturated heterocycles. The van der Waals surface area contributed by atoms with E-state index in [1.54, 1.807) is 18.7 Å². The van der Waals surface area contributed by atoms with E-state index in [0.29, 0.717) is 6.54 Å². The van der Waals surface area contributed by atoms with E-state index in [0.717, 1.165) is 5.69 Å². The largest absolute Gasteiger partial charge is 0.335 e. The molecule has 0 aromatic carbocycles. The Morgan fingerprint density at radius 1 is 1.30 bits per heavy atom. The fourth-order valence-corrected chi connectivity index (χ4v) is 1.92. The summed E-state index contributed by atoms with van der Waals surface area (Å²) >= 11 is 0. The van der Waals surface area contributed by atoms with Crippen LogP contribution in [0.25, 0.3) is 0 Å². The molecule has 0 fully saturated rings. The lowest BCUT2D eigenvalue weighted by atomic mass is 10.2. The van der Waals surface area contributed by atoms with E-state index in [1.807, 2.05) is 42.8 Å². The van der Waals surface area contributed by atoms with Gasteiger partial charge in [0.15, 0.2) is 0 Å². The Kier molecular flexibility index (Phi) is 4.70. The Labute approximate surface area is 118 Å². The van der Waals surface area contributed by atoms with Gasteiger partial charge in [0.2, 0.25) is 0 Å². The molecule has 0 unspecified atom stereocenters. The second kappa shape index (κ2) is 6.70. The summed E-state index contributed by atoms with van der Waals surface area (Å²) in [5, 5.41) is 5.76. The molecule has 0 aliphatic heterocycles. The van der Waals surface area contributed by atoms with E-state index in [9.17, 15) is 4.79 Å². The fourth-order valence-electron chi connectivity index (χ4n) is 1.92. The van der Waals surface area contributed by atoms with Crippen LogP contribution in [0.5, 0.6) is 0 Å². The van der Waals surface area contributed by atoms with Gasteiger partial charge in [-0.2, -0.15) is 0 Å². The first-order valence-corrected chi connectivity index (χ1v) is 6.59. The van der Waals surface area contributed by atoms with E-state index >= 15 is 0 Å². The number of hydrogen-bond donors (Lipinski definition) is 2. The van der Waals surface area contributed by atoms with Gasteiger partial charge in [-0.1, -0.05) is 6.07 Å². The number of imidazole rings is 1. The molecular formula is C14H19N5O. The molecule has 2 aromatic rings. The summed E-state index contributed by atoms with van der Waals surface area (Å²) in [5.41, 5.74) is 0.838. The highest BCUT2D eigenvalue weighted by molar-refractivity contribution is 5.74. The van der Waals surface area contributed by atoms with E-state index in [1.165, 1.54) is 0 Å². The van der Waals surface area contributed by atoms with Gasteiger partial charge in [0, 0.05) is 31.2 Å². The highest BCUT2D eigenvalue weighted by Gasteiger charge is 2.12. The van der Waals surface area contributed by atoms with Crippen LogP contribution in [0.2, 0.25) is 0 Å². The number of carbonyl (C=O) groups is 1. The molecule has 2 rings (SSSR count). The van der Waals surface area contributed by atoms with Gasteiger partial charge in [0.25, 0.3) is 0 Å². The summed E-state index contributed by atoms with van der Waals surface area (Å²) < 4.78 is 1.92. The zero-order valence-corrected chi connectivity index (χ0v) is 11.7. The summed E-state index contributed by atoms with van der Waals surface area (Å²) in [7, 11) is 0. The first kappa shape index (κ1) is 14.0. The van der Waals surface area contributed by atoms with Crippen LogP contribution >= 0.6 is 0 Å². The number of amides is 2. The van der Waals surface area contributed by atoms with Gasteiger partial charge in [0.05, 0.1) is 18.1 Å². The van der Waals surface area contributed by atoms with Crippen LogP contribution in [0.3, 0.4) is 0 Å². The lowest BCUT2D eigenvalue weighted by molar-refractivity contribution is 0.233. The smallest absolute Gasteiger partial charge is 0.315 e. The Hall–Kier alpha value is -2.37. The highest BCUT2D eigenvalue weighted by atomic mass is 16.2. The summed E-state index contributed by atoms with van der Waals surface area (Å²) in [6.07, 6.45) is 7.03. The highest BCUT2D eigenvalue weighted by Crippen LogP contribution is 2.07. The van der Waals surface area contributed by atoms with Crippen molar-refractivity contribution in [1.82, 2.24) is 25.2 Å². The molecule has 0 bridgehead atoms. The normalized spacial score (nSPS) is 13.5. The van der Waals surface area contributed by atoms with Crippen molar-refractivity contribution in [3.63, 3.8) is 0 Å². The van der Waals surface area contributed by atoms with E-state index < -0.39 is 0 Å². The maximum Gasteiger partial charge on any atom is 0.315 e. The van der Waals surface area contributed by atoms with Crippen molar-refractivity contribution in [2.24, 2.45) is 0 Å². The molecule has 2 heterocycles. The fraction of sp³-hybridized carbons (Fsp3) is 0.357. The Balaban J connectivity index is 1.80. The minimum absolute atomic E-state index is 0.0140. The Morgan fingerprint density at radius 2 is 2.15 bits per heavy atom. The maximum absolute atomic E-state index is 11.9. The molecule has 0 saturated carbocycles. The van der Waals surface area contributed by atoms with E-state index in [-0.39, 0.29) is 18.1 Å². The first-order chi connectivity index (χ1) is 9.65. The van der Waals surface area contributed by atoms with Gasteiger partial charge < -0.3 is 15.2 Å². The van der Waals surface area contributed by atoms with Crippen LogP contribution in [0.4, 0.5) is 4.79 Å². The molecule has 106 valence electrons. The van der Waals surface area contributed by atoms with Gasteiger partial charge >= 0.3 is 6.03 Å². The quantitative estimate of drug-likeness (QED) is 0.871. The number of pyridine rings is 1. The third-order valence-corrected chi connectivity index (χ3v) is 2.90. The SMILES string of the molecule is C[C@H](NC(=O)N[C@@H](C)Cn1ccnc1)c1ccccn1. The standard InChI is InChI=1S/C14H19N5O/c1-11(9-19-8-7-15-10-19)17-14(20)18-12(2)13-5-3-4-6-16-13/h3-8,10-12H,9H2,1-2H3,(H2,17,18,20)/t11-,12-/m0/s1. The van der Waals surface area contributed by atoms with Crippen molar-refractivity contribution in [1.29, 1.82) is 0 Å². The average Bonchev–Trinajstić information content (AvgIpc) is 2.92. The molecule has 2 atom stereocenters. The molecule has 20 heavy (non-hydrogen) atoms. The van der Waals surface area contributed by atoms with Gasteiger partial charge in [-0.15, -0.1) is 0 Å². The molecule has 6 heteroatoms. The van der Waals surface area contributed by atoms with Crippen molar-refractivity contribution in [3.05, 3.63) is 48.8 Å². The molecule has 2 amide bonds. The number of aromatic nitrogens is 3. The second-order valence-corrected chi connectivity index (χ2v) is 4.75. The predicted octanol–water partition coefficient (Wildman–Crippen LogP) is 1.73. The molecule has 0 spiro atoms. The van der Waals surface area contributed by atoms with Gasteiger partial charge in [-0.05, 0) is 26.0 Å². The summed E-state index contributed by atoms with van der Waals surface area (Å²) in [6.45, 7) is 4.54. The lowest BCUT2D eigenvalue weighted by Gasteiger charge is -2.18. The summed E-state index contributed by atoms with van der Waals surface area (Å²) in [5.74, 6) is 0. The van der Waals surface area contributed by atoms with Crippen molar-refractivity contribution >= 4 is 6.03 Å². The van der Waals surface area contributed by atoms with Crippen molar-refractivity contribution in [2.75, 3.05) is 0 Å². The predicted molar refractivity (Wildman–Crippen MR) is 76.0 cm³/mol. The van der Waals surface area contributed by atoms with Gasteiger partial charge in [0.1, 0.15) is 0 Å². The zero-order valence-electron chi connectivity index (χ0n) is 11.7. The summed E-state index contributed by atoms with van der Waals surface area (Å²) in [6, 6.07) is 5.33. The minimum Gasteiger partial charge on any atom is -0.335 e. The number of carbonyl (C=O) groups excluding carboxylic acids is 1. The minimum atomic E-state index is -0.198. The molecule has 0 aliphatic carbocycles. The third-order valence-electron chi connectivity index (χ3n) is 2.90. The van der Waals surface area contributed by atoms with Crippen molar-refractivity contribution < 1.29 is 4.79 Å². The number of nitrogens with one attached hydrogen (secondary N) is 2. The van der Waals surface area contributed by atoms with Crippen LogP contribution in [0.1, 0.15) is 25.6 Å². The van der Waals surface area contributed by atoms with E-state index in [4.69, 9.17) is 0 Å². The van der Waals surface area contributed by atoms with Crippen LogP contribution in [0, 0.1) is 0 Å². The van der Waals surface area contributed by atoms with E-state index in [2.05, 4.69) is 20.6 Å². The monoisotopic (exact) mass is 273 g/mol. The van der Waals surface area contributed by atoms with Crippen LogP contribution in [0.15, 0.2) is 43.1 Å². The van der Waals surface area contributed by atoms with Crippen LogP contribution in [-0.2, 0) is 6.54 Å². The molecule has 0 radical (unpaired) electrons. The summed E-state index contributed by atoms with van der Waals surface area (Å²) in [4.78, 5) is 20.1. The number of urea groups is 1. The van der Waals surface area contributed by atoms with Gasteiger partial charge in [-0.3, -0.25) is 4.98 Å². The Morgan fingerprint density at radius 3 is 2.80 bits per heavy atom. The Bertz CT molecular complexity index is 526. The molecule has 2 N–H and O–H groups in total. The number of rotatable bonds is 5. The first-order valence-electron chi connectivity index (χ1n) is 6.59. The second-order valence-electron chi connectivity index (χ2n) is 4.75. The topological polar surface area (TPSA) is 71.8 Å². The van der Waals surface area contributed by atoms with Gasteiger partial charge in [-0.25, -0.2) is 9.78 Å². The maximum atomic E-state index is 11.9. The van der Waals surface area contributed by atoms with Crippen molar-refractivity contribution in [2.45, 2.75) is 32.5 Å². The molecule has 2 aromatic heterocycles.